The molecule has 1 aromatic rings. The highest BCUT2D eigenvalue weighted by atomic mass is 79.9. The van der Waals surface area contributed by atoms with E-state index in [9.17, 15) is 0 Å². The van der Waals surface area contributed by atoms with Gasteiger partial charge in [-0.05, 0) is 48.2 Å². The average Bonchev–Trinajstić information content (AvgIpc) is 2.67. The molecule has 2 atom stereocenters. The quantitative estimate of drug-likeness (QED) is 0.773. The first kappa shape index (κ1) is 16.0. The van der Waals surface area contributed by atoms with E-state index in [-0.39, 0.29) is 0 Å². The average molecular weight is 342 g/mol. The number of aryl methyl sites for hydroxylation is 1. The highest BCUT2D eigenvalue weighted by molar-refractivity contribution is 9.10. The lowest BCUT2D eigenvalue weighted by molar-refractivity contribution is 0.387. The van der Waals surface area contributed by atoms with Crippen LogP contribution in [0.1, 0.15) is 70.4 Å². The Labute approximate surface area is 131 Å². The Balaban J connectivity index is 2.22. The van der Waals surface area contributed by atoms with Gasteiger partial charge in [0.1, 0.15) is 0 Å². The summed E-state index contributed by atoms with van der Waals surface area (Å²) in [5.74, 6) is 0.604. The number of hydrogen-bond donors (Lipinski definition) is 1. The van der Waals surface area contributed by atoms with E-state index in [1.54, 1.807) is 0 Å². The highest BCUT2D eigenvalue weighted by Gasteiger charge is 2.29. The molecule has 20 heavy (non-hydrogen) atoms. The maximum atomic E-state index is 4.57. The third-order valence-electron chi connectivity index (χ3n) is 4.29. The van der Waals surface area contributed by atoms with E-state index in [4.69, 9.17) is 0 Å². The van der Waals surface area contributed by atoms with E-state index < -0.39 is 0 Å². The minimum Gasteiger partial charge on any atom is -0.313 e. The van der Waals surface area contributed by atoms with Crippen molar-refractivity contribution in [1.82, 2.24) is 15.1 Å². The first-order chi connectivity index (χ1) is 9.77. The summed E-state index contributed by atoms with van der Waals surface area (Å²) in [6.07, 6.45) is 11.0. The zero-order valence-corrected chi connectivity index (χ0v) is 14.5. The molecule has 2 unspecified atom stereocenters. The van der Waals surface area contributed by atoms with Gasteiger partial charge in [-0.15, -0.1) is 0 Å². The van der Waals surface area contributed by atoms with Gasteiger partial charge in [0.2, 0.25) is 0 Å². The van der Waals surface area contributed by atoms with Crippen LogP contribution in [0.15, 0.2) is 10.7 Å². The third-order valence-corrected chi connectivity index (χ3v) is 4.90. The van der Waals surface area contributed by atoms with Crippen molar-refractivity contribution in [3.05, 3.63) is 16.4 Å². The molecule has 3 nitrogen and oxygen atoms in total. The Morgan fingerprint density at radius 1 is 1.25 bits per heavy atom. The number of rotatable bonds is 6. The Kier molecular flexibility index (Phi) is 6.56. The van der Waals surface area contributed by atoms with Crippen LogP contribution in [-0.4, -0.2) is 22.4 Å². The molecule has 0 bridgehead atoms. The predicted molar refractivity (Wildman–Crippen MR) is 88.1 cm³/mol. The number of hydrogen-bond acceptors (Lipinski definition) is 2. The Morgan fingerprint density at radius 3 is 2.80 bits per heavy atom. The molecule has 114 valence electrons. The molecule has 0 aliphatic heterocycles. The van der Waals surface area contributed by atoms with Crippen LogP contribution in [0.25, 0.3) is 0 Å². The van der Waals surface area contributed by atoms with Gasteiger partial charge in [-0.2, -0.15) is 5.10 Å². The summed E-state index contributed by atoms with van der Waals surface area (Å²) in [7, 11) is 0. The summed E-state index contributed by atoms with van der Waals surface area (Å²) in [4.78, 5) is 0. The first-order valence-corrected chi connectivity index (χ1v) is 9.01. The topological polar surface area (TPSA) is 29.9 Å². The highest BCUT2D eigenvalue weighted by Crippen LogP contribution is 2.36. The Bertz CT molecular complexity index is 402. The van der Waals surface area contributed by atoms with Crippen LogP contribution in [0.2, 0.25) is 0 Å². The van der Waals surface area contributed by atoms with Crippen molar-refractivity contribution in [2.24, 2.45) is 0 Å². The normalized spacial score (nSPS) is 23.8. The summed E-state index contributed by atoms with van der Waals surface area (Å²) in [5.41, 5.74) is 1.42. The van der Waals surface area contributed by atoms with E-state index >= 15 is 0 Å². The summed E-state index contributed by atoms with van der Waals surface area (Å²) >= 11 is 3.73. The Hall–Kier alpha value is -0.350. The standard InChI is InChI=1S/C16H28BrN3/c1-3-10-18-15-9-7-5-6-8-13(15)16-14(17)12-19-20(16)11-4-2/h12-13,15,18H,3-11H2,1-2H3. The van der Waals surface area contributed by atoms with Gasteiger partial charge in [0.05, 0.1) is 16.4 Å². The number of nitrogens with one attached hydrogen (secondary N) is 1. The molecular weight excluding hydrogens is 314 g/mol. The van der Waals surface area contributed by atoms with E-state index in [1.807, 2.05) is 6.20 Å². The molecule has 1 saturated carbocycles. The zero-order valence-electron chi connectivity index (χ0n) is 12.9. The SMILES string of the molecule is CCCNC1CCCCCC1c1c(Br)cnn1CCC. The first-order valence-electron chi connectivity index (χ1n) is 8.22. The fourth-order valence-electron chi connectivity index (χ4n) is 3.34. The smallest absolute Gasteiger partial charge is 0.0635 e. The van der Waals surface area contributed by atoms with E-state index in [0.717, 1.165) is 19.5 Å². The van der Waals surface area contributed by atoms with Crippen LogP contribution < -0.4 is 5.32 Å². The van der Waals surface area contributed by atoms with Crippen LogP contribution in [0.4, 0.5) is 0 Å². The largest absolute Gasteiger partial charge is 0.313 e. The van der Waals surface area contributed by atoms with Crippen LogP contribution >= 0.6 is 15.9 Å². The number of aromatic nitrogens is 2. The summed E-state index contributed by atoms with van der Waals surface area (Å²) < 4.78 is 3.42. The van der Waals surface area contributed by atoms with Gasteiger partial charge < -0.3 is 5.32 Å². The lowest BCUT2D eigenvalue weighted by Gasteiger charge is -2.27. The lowest BCUT2D eigenvalue weighted by atomic mass is 9.91. The molecule has 2 rings (SSSR count). The fraction of sp³-hybridized carbons (Fsp3) is 0.812. The molecule has 0 saturated heterocycles. The summed E-state index contributed by atoms with van der Waals surface area (Å²) in [6.45, 7) is 6.62. The molecule has 1 N–H and O–H groups in total. The molecular formula is C16H28BrN3. The third kappa shape index (κ3) is 3.85. The van der Waals surface area contributed by atoms with E-state index in [1.165, 1.54) is 48.7 Å². The van der Waals surface area contributed by atoms with Crippen LogP contribution in [0, 0.1) is 0 Å². The van der Waals surface area contributed by atoms with E-state index in [0.29, 0.717) is 12.0 Å². The molecule has 0 radical (unpaired) electrons. The van der Waals surface area contributed by atoms with Gasteiger partial charge in [0, 0.05) is 18.5 Å². The van der Waals surface area contributed by atoms with Gasteiger partial charge in [-0.1, -0.05) is 33.1 Å². The molecule has 0 aromatic carbocycles. The Morgan fingerprint density at radius 2 is 2.05 bits per heavy atom. The minimum absolute atomic E-state index is 0.604. The van der Waals surface area contributed by atoms with Crippen LogP contribution in [-0.2, 0) is 6.54 Å². The van der Waals surface area contributed by atoms with Gasteiger partial charge >= 0.3 is 0 Å². The van der Waals surface area contributed by atoms with Crippen molar-refractivity contribution >= 4 is 15.9 Å². The second-order valence-corrected chi connectivity index (χ2v) is 6.76. The number of halogens is 1. The minimum atomic E-state index is 0.604. The molecule has 1 fully saturated rings. The van der Waals surface area contributed by atoms with Gasteiger partial charge in [0.25, 0.3) is 0 Å². The van der Waals surface area contributed by atoms with Crippen molar-refractivity contribution in [2.45, 2.75) is 77.3 Å². The predicted octanol–water partition coefficient (Wildman–Crippen LogP) is 4.47. The monoisotopic (exact) mass is 341 g/mol. The molecule has 1 aliphatic carbocycles. The maximum Gasteiger partial charge on any atom is 0.0635 e. The lowest BCUT2D eigenvalue weighted by Crippen LogP contribution is -2.36. The summed E-state index contributed by atoms with van der Waals surface area (Å²) in [5, 5.41) is 8.35. The van der Waals surface area contributed by atoms with Crippen molar-refractivity contribution < 1.29 is 0 Å². The summed E-state index contributed by atoms with van der Waals surface area (Å²) in [6, 6.07) is 0.612. The van der Waals surface area contributed by atoms with Crippen LogP contribution in [0.3, 0.4) is 0 Å². The zero-order chi connectivity index (χ0) is 14.4. The van der Waals surface area contributed by atoms with Gasteiger partial charge in [-0.25, -0.2) is 0 Å². The van der Waals surface area contributed by atoms with Crippen molar-refractivity contribution in [2.75, 3.05) is 6.54 Å². The van der Waals surface area contributed by atoms with Crippen LogP contribution in [0.5, 0.6) is 0 Å². The molecule has 0 amide bonds. The van der Waals surface area contributed by atoms with Crippen molar-refractivity contribution in [1.29, 1.82) is 0 Å². The van der Waals surface area contributed by atoms with Crippen molar-refractivity contribution in [3.63, 3.8) is 0 Å². The van der Waals surface area contributed by atoms with Gasteiger partial charge in [-0.3, -0.25) is 4.68 Å². The molecule has 0 spiro atoms. The maximum absolute atomic E-state index is 4.57. The second kappa shape index (κ2) is 8.18. The molecule has 4 heteroatoms. The van der Waals surface area contributed by atoms with E-state index in [2.05, 4.69) is 44.9 Å². The fourth-order valence-corrected chi connectivity index (χ4v) is 3.93. The van der Waals surface area contributed by atoms with Crippen molar-refractivity contribution in [3.8, 4) is 0 Å². The molecule has 1 heterocycles. The second-order valence-electron chi connectivity index (χ2n) is 5.91. The number of nitrogens with zero attached hydrogens (tertiary/aromatic N) is 2. The molecule has 1 aromatic heterocycles. The molecule has 1 aliphatic rings. The van der Waals surface area contributed by atoms with Gasteiger partial charge in [0.15, 0.2) is 0 Å².